The van der Waals surface area contributed by atoms with Gasteiger partial charge in [0, 0.05) is 12.7 Å². The van der Waals surface area contributed by atoms with Crippen LogP contribution < -0.4 is 11.1 Å². The first kappa shape index (κ1) is 17.8. The topological polar surface area (TPSA) is 97.0 Å². The summed E-state index contributed by atoms with van der Waals surface area (Å²) >= 11 is 0. The molecule has 0 bridgehead atoms. The Morgan fingerprint density at radius 2 is 1.96 bits per heavy atom. The number of nitrogens with one attached hydrogen (secondary N) is 1. The van der Waals surface area contributed by atoms with Gasteiger partial charge in [0.05, 0.1) is 35.4 Å². The molecule has 142 valence electrons. The summed E-state index contributed by atoms with van der Waals surface area (Å²) in [6, 6.07) is 9.90. The quantitative estimate of drug-likeness (QED) is 0.723. The number of carbonyl (C=O) groups excluding carboxylic acids is 1. The van der Waals surface area contributed by atoms with E-state index in [0.29, 0.717) is 23.7 Å². The summed E-state index contributed by atoms with van der Waals surface area (Å²) in [4.78, 5) is 27.2. The van der Waals surface area contributed by atoms with Gasteiger partial charge in [-0.15, -0.1) is 0 Å². The maximum atomic E-state index is 13.0. The molecule has 3 aromatic heterocycles. The Morgan fingerprint density at radius 3 is 2.64 bits per heavy atom. The lowest BCUT2D eigenvalue weighted by atomic mass is 10.1. The van der Waals surface area contributed by atoms with Crippen LogP contribution in [0.1, 0.15) is 34.9 Å². The molecule has 0 saturated carbocycles. The van der Waals surface area contributed by atoms with Crippen molar-refractivity contribution in [1.82, 2.24) is 19.9 Å². The summed E-state index contributed by atoms with van der Waals surface area (Å²) in [5, 5.41) is 3.07. The first-order chi connectivity index (χ1) is 13.6. The number of halogens is 1. The van der Waals surface area contributed by atoms with E-state index in [2.05, 4.69) is 20.3 Å². The van der Waals surface area contributed by atoms with Gasteiger partial charge < -0.3 is 16.0 Å². The molecule has 0 aromatic carbocycles. The summed E-state index contributed by atoms with van der Waals surface area (Å²) in [6.07, 6.45) is 6.11. The zero-order valence-corrected chi connectivity index (χ0v) is 15.0. The van der Waals surface area contributed by atoms with E-state index < -0.39 is 0 Å². The Bertz CT molecular complexity index is 959. The predicted octanol–water partition coefficient (Wildman–Crippen LogP) is 3.31. The van der Waals surface area contributed by atoms with Gasteiger partial charge >= 0.3 is 0 Å². The standard InChI is InChI=1S/C20H19FN6O/c21-14-4-8-19(25-11-14)26-15-5-6-16(23-12-15)17-2-1-9-27(17)20(28)13-3-7-18(22)24-10-13/h3-8,10-12,17H,1-2,9H2,(H2,22,24)(H,25,26)/t17-/m1/s1. The number of hydrogen-bond acceptors (Lipinski definition) is 6. The number of anilines is 3. The minimum absolute atomic E-state index is 0.0745. The number of nitrogens with two attached hydrogens (primary N) is 1. The van der Waals surface area contributed by atoms with Crippen LogP contribution in [0.25, 0.3) is 0 Å². The Labute approximate surface area is 161 Å². The van der Waals surface area contributed by atoms with Crippen LogP contribution in [0.2, 0.25) is 0 Å². The molecular weight excluding hydrogens is 359 g/mol. The third-order valence-electron chi connectivity index (χ3n) is 4.67. The van der Waals surface area contributed by atoms with Crippen molar-refractivity contribution in [2.75, 3.05) is 17.6 Å². The van der Waals surface area contributed by atoms with Crippen molar-refractivity contribution in [3.8, 4) is 0 Å². The molecule has 0 unspecified atom stereocenters. The molecule has 0 radical (unpaired) electrons. The Balaban J connectivity index is 1.49. The van der Waals surface area contributed by atoms with Gasteiger partial charge in [0.25, 0.3) is 5.91 Å². The molecule has 7 nitrogen and oxygen atoms in total. The molecule has 0 aliphatic carbocycles. The van der Waals surface area contributed by atoms with Crippen molar-refractivity contribution in [1.29, 1.82) is 0 Å². The van der Waals surface area contributed by atoms with Crippen molar-refractivity contribution in [3.63, 3.8) is 0 Å². The van der Waals surface area contributed by atoms with E-state index in [1.54, 1.807) is 24.4 Å². The monoisotopic (exact) mass is 378 g/mol. The highest BCUT2D eigenvalue weighted by molar-refractivity contribution is 5.94. The SMILES string of the molecule is Nc1ccc(C(=O)N2CCC[C@@H]2c2ccc(Nc3ccc(F)cn3)cn2)cn1. The zero-order chi connectivity index (χ0) is 19.5. The minimum atomic E-state index is -0.388. The van der Waals surface area contributed by atoms with Crippen LogP contribution in [-0.2, 0) is 0 Å². The molecule has 4 rings (SSSR count). The normalized spacial score (nSPS) is 16.2. The van der Waals surface area contributed by atoms with E-state index in [0.717, 1.165) is 30.4 Å². The van der Waals surface area contributed by atoms with Gasteiger partial charge in [-0.2, -0.15) is 0 Å². The van der Waals surface area contributed by atoms with Gasteiger partial charge in [-0.05, 0) is 49.2 Å². The van der Waals surface area contributed by atoms with E-state index in [1.165, 1.54) is 12.3 Å². The van der Waals surface area contributed by atoms with Crippen molar-refractivity contribution >= 4 is 23.2 Å². The van der Waals surface area contributed by atoms with E-state index in [4.69, 9.17) is 5.73 Å². The molecule has 1 saturated heterocycles. The van der Waals surface area contributed by atoms with Crippen molar-refractivity contribution in [2.45, 2.75) is 18.9 Å². The average Bonchev–Trinajstić information content (AvgIpc) is 3.20. The lowest BCUT2D eigenvalue weighted by Crippen LogP contribution is -2.31. The fourth-order valence-corrected chi connectivity index (χ4v) is 3.29. The second kappa shape index (κ2) is 7.59. The summed E-state index contributed by atoms with van der Waals surface area (Å²) < 4.78 is 13.0. The summed E-state index contributed by atoms with van der Waals surface area (Å²) in [7, 11) is 0. The highest BCUT2D eigenvalue weighted by Crippen LogP contribution is 2.32. The molecule has 8 heteroatoms. The highest BCUT2D eigenvalue weighted by Gasteiger charge is 2.31. The van der Waals surface area contributed by atoms with Gasteiger partial charge in [0.1, 0.15) is 17.5 Å². The van der Waals surface area contributed by atoms with Crippen LogP contribution in [0.5, 0.6) is 0 Å². The second-order valence-electron chi connectivity index (χ2n) is 6.59. The number of hydrogen-bond donors (Lipinski definition) is 2. The number of nitrogens with zero attached hydrogens (tertiary/aromatic N) is 4. The molecule has 1 fully saturated rings. The van der Waals surface area contributed by atoms with Crippen LogP contribution in [0.3, 0.4) is 0 Å². The fraction of sp³-hybridized carbons (Fsp3) is 0.200. The highest BCUT2D eigenvalue weighted by atomic mass is 19.1. The fourth-order valence-electron chi connectivity index (χ4n) is 3.29. The van der Waals surface area contributed by atoms with Crippen molar-refractivity contribution < 1.29 is 9.18 Å². The maximum Gasteiger partial charge on any atom is 0.255 e. The number of pyridine rings is 3. The van der Waals surface area contributed by atoms with Crippen molar-refractivity contribution in [3.05, 3.63) is 72.1 Å². The number of aromatic nitrogens is 3. The van der Waals surface area contributed by atoms with Gasteiger partial charge in [0.15, 0.2) is 0 Å². The molecule has 1 amide bonds. The predicted molar refractivity (Wildman–Crippen MR) is 103 cm³/mol. The maximum absolute atomic E-state index is 13.0. The smallest absolute Gasteiger partial charge is 0.255 e. The Morgan fingerprint density at radius 1 is 1.07 bits per heavy atom. The van der Waals surface area contributed by atoms with Crippen LogP contribution in [0.15, 0.2) is 55.0 Å². The molecule has 1 aliphatic heterocycles. The molecule has 1 aliphatic rings. The minimum Gasteiger partial charge on any atom is -0.384 e. The first-order valence-corrected chi connectivity index (χ1v) is 8.97. The zero-order valence-electron chi connectivity index (χ0n) is 15.0. The number of amides is 1. The molecule has 0 spiro atoms. The third kappa shape index (κ3) is 3.75. The molecule has 4 heterocycles. The van der Waals surface area contributed by atoms with Crippen LogP contribution in [0, 0.1) is 5.82 Å². The van der Waals surface area contributed by atoms with Gasteiger partial charge in [0.2, 0.25) is 0 Å². The molecule has 3 aromatic rings. The number of likely N-dealkylation sites (tertiary alicyclic amines) is 1. The number of rotatable bonds is 4. The molecule has 28 heavy (non-hydrogen) atoms. The lowest BCUT2D eigenvalue weighted by Gasteiger charge is -2.24. The third-order valence-corrected chi connectivity index (χ3v) is 4.67. The van der Waals surface area contributed by atoms with E-state index in [1.807, 2.05) is 17.0 Å². The van der Waals surface area contributed by atoms with Gasteiger partial charge in [-0.3, -0.25) is 9.78 Å². The molecule has 1 atom stereocenters. The summed E-state index contributed by atoms with van der Waals surface area (Å²) in [6.45, 7) is 0.676. The van der Waals surface area contributed by atoms with E-state index in [9.17, 15) is 9.18 Å². The summed E-state index contributed by atoms with van der Waals surface area (Å²) in [5.41, 5.74) is 7.68. The van der Waals surface area contributed by atoms with E-state index in [-0.39, 0.29) is 17.8 Å². The van der Waals surface area contributed by atoms with Gasteiger partial charge in [-0.25, -0.2) is 14.4 Å². The number of carbonyl (C=O) groups is 1. The Hall–Kier alpha value is -3.55. The van der Waals surface area contributed by atoms with Gasteiger partial charge in [-0.1, -0.05) is 0 Å². The van der Waals surface area contributed by atoms with Crippen LogP contribution in [-0.4, -0.2) is 32.3 Å². The number of nitrogen functional groups attached to an aromatic ring is 1. The largest absolute Gasteiger partial charge is 0.384 e. The summed E-state index contributed by atoms with van der Waals surface area (Å²) in [5.74, 6) is 0.454. The Kier molecular flexibility index (Phi) is 4.84. The average molecular weight is 378 g/mol. The molecule has 3 N–H and O–H groups in total. The lowest BCUT2D eigenvalue weighted by molar-refractivity contribution is 0.0732. The van der Waals surface area contributed by atoms with Crippen LogP contribution >= 0.6 is 0 Å². The second-order valence-corrected chi connectivity index (χ2v) is 6.59. The first-order valence-electron chi connectivity index (χ1n) is 8.97. The van der Waals surface area contributed by atoms with E-state index >= 15 is 0 Å². The van der Waals surface area contributed by atoms with Crippen LogP contribution in [0.4, 0.5) is 21.7 Å². The molecular formula is C20H19FN6O. The van der Waals surface area contributed by atoms with Crippen molar-refractivity contribution in [2.24, 2.45) is 0 Å².